The summed E-state index contributed by atoms with van der Waals surface area (Å²) in [4.78, 5) is 0. The second kappa shape index (κ2) is 2.81. The van der Waals surface area contributed by atoms with Crippen molar-refractivity contribution in [1.82, 2.24) is 9.78 Å². The molecule has 0 unspecified atom stereocenters. The van der Waals surface area contributed by atoms with Crippen LogP contribution in [-0.4, -0.2) is 9.78 Å². The van der Waals surface area contributed by atoms with Crippen LogP contribution in [0.5, 0.6) is 0 Å². The van der Waals surface area contributed by atoms with E-state index in [4.69, 9.17) is 21.8 Å². The topological polar surface area (TPSA) is 57.0 Å². The van der Waals surface area contributed by atoms with Gasteiger partial charge in [-0.25, -0.2) is 0 Å². The number of halogens is 1. The first-order valence-electron chi connectivity index (χ1n) is 3.71. The maximum absolute atomic E-state index is 5.78. The van der Waals surface area contributed by atoms with Crippen molar-refractivity contribution in [2.75, 3.05) is 5.73 Å². The number of anilines is 1. The van der Waals surface area contributed by atoms with E-state index in [1.807, 2.05) is 0 Å². The molecule has 0 saturated carbocycles. The largest absolute Gasteiger partial charge is 0.452 e. The summed E-state index contributed by atoms with van der Waals surface area (Å²) in [5.41, 5.74) is 7.10. The molecule has 0 fully saturated rings. The molecule has 0 bridgehead atoms. The summed E-state index contributed by atoms with van der Waals surface area (Å²) in [5.74, 6) is 0.590. The van der Waals surface area contributed by atoms with Gasteiger partial charge < -0.3 is 10.2 Å². The van der Waals surface area contributed by atoms with Gasteiger partial charge in [-0.05, 0) is 17.7 Å². The average molecular weight is 198 g/mol. The predicted octanol–water partition coefficient (Wildman–Crippen LogP) is 1.92. The fraction of sp³-hybridized carbons (Fsp3) is 0.125. The zero-order valence-electron chi connectivity index (χ0n) is 6.99. The van der Waals surface area contributed by atoms with Gasteiger partial charge >= 0.3 is 0 Å². The lowest BCUT2D eigenvalue weighted by Gasteiger charge is -1.90. The lowest BCUT2D eigenvalue weighted by molar-refractivity contribution is 0.570. The first kappa shape index (κ1) is 8.19. The molecule has 0 aliphatic rings. The van der Waals surface area contributed by atoms with Crippen molar-refractivity contribution in [2.45, 2.75) is 0 Å². The normalized spacial score (nSPS) is 10.6. The smallest absolute Gasteiger partial charge is 0.202 e. The van der Waals surface area contributed by atoms with E-state index in [1.165, 1.54) is 6.26 Å². The van der Waals surface area contributed by atoms with E-state index < -0.39 is 0 Å². The van der Waals surface area contributed by atoms with Gasteiger partial charge in [0.15, 0.2) is 0 Å². The number of nitrogens with zero attached hydrogens (tertiary/aromatic N) is 2. The van der Waals surface area contributed by atoms with Crippen molar-refractivity contribution in [1.29, 1.82) is 0 Å². The highest BCUT2D eigenvalue weighted by Gasteiger charge is 2.10. The molecule has 0 aromatic carbocycles. The Kier molecular flexibility index (Phi) is 1.77. The summed E-state index contributed by atoms with van der Waals surface area (Å²) < 4.78 is 6.53. The molecule has 0 radical (unpaired) electrons. The number of nitrogen functional groups attached to an aromatic ring is 1. The molecule has 0 spiro atoms. The Morgan fingerprint density at radius 3 is 2.85 bits per heavy atom. The number of aryl methyl sites for hydroxylation is 1. The molecule has 68 valence electrons. The van der Waals surface area contributed by atoms with Gasteiger partial charge in [-0.1, -0.05) is 0 Å². The number of nitrogens with two attached hydrogens (primary N) is 1. The van der Waals surface area contributed by atoms with Crippen LogP contribution < -0.4 is 5.73 Å². The lowest BCUT2D eigenvalue weighted by Crippen LogP contribution is -1.96. The summed E-state index contributed by atoms with van der Waals surface area (Å²) in [6.07, 6.45) is 1.52. The predicted molar refractivity (Wildman–Crippen MR) is 50.3 cm³/mol. The zero-order chi connectivity index (χ0) is 9.42. The molecular weight excluding hydrogens is 190 g/mol. The number of furan rings is 1. The Morgan fingerprint density at radius 1 is 1.62 bits per heavy atom. The maximum Gasteiger partial charge on any atom is 0.202 e. The standard InChI is InChI=1S/C8H8ClN3O/c1-12-7(10)4-6(11-12)5-2-3-13-8(5)9/h2-4H,10H2,1H3. The molecule has 0 aliphatic heterocycles. The van der Waals surface area contributed by atoms with Crippen LogP contribution >= 0.6 is 11.6 Å². The summed E-state index contributed by atoms with van der Waals surface area (Å²) in [7, 11) is 1.77. The van der Waals surface area contributed by atoms with Crippen molar-refractivity contribution in [3.63, 3.8) is 0 Å². The highest BCUT2D eigenvalue weighted by Crippen LogP contribution is 2.28. The Bertz CT molecular complexity index is 413. The minimum Gasteiger partial charge on any atom is -0.452 e. The third-order valence-electron chi connectivity index (χ3n) is 1.81. The third kappa shape index (κ3) is 1.29. The SMILES string of the molecule is Cn1nc(-c2ccoc2Cl)cc1N. The Hall–Kier alpha value is -1.42. The van der Waals surface area contributed by atoms with Crippen LogP contribution in [0.3, 0.4) is 0 Å². The molecule has 13 heavy (non-hydrogen) atoms. The highest BCUT2D eigenvalue weighted by molar-refractivity contribution is 6.31. The summed E-state index contributed by atoms with van der Waals surface area (Å²) in [5, 5.41) is 4.49. The molecule has 2 heterocycles. The monoisotopic (exact) mass is 197 g/mol. The van der Waals surface area contributed by atoms with Gasteiger partial charge in [0.1, 0.15) is 5.82 Å². The molecule has 4 nitrogen and oxygen atoms in total. The molecule has 0 saturated heterocycles. The van der Waals surface area contributed by atoms with Crippen LogP contribution in [0.25, 0.3) is 11.3 Å². The van der Waals surface area contributed by atoms with Crippen LogP contribution in [0, 0.1) is 0 Å². The average Bonchev–Trinajstić information content (AvgIpc) is 2.60. The Labute approximate surface area is 79.9 Å². The summed E-state index contributed by atoms with van der Waals surface area (Å²) in [6, 6.07) is 3.50. The van der Waals surface area contributed by atoms with Crippen LogP contribution in [0.2, 0.25) is 5.22 Å². The van der Waals surface area contributed by atoms with Crippen molar-refractivity contribution < 1.29 is 4.42 Å². The number of rotatable bonds is 1. The van der Waals surface area contributed by atoms with E-state index in [2.05, 4.69) is 5.10 Å². The summed E-state index contributed by atoms with van der Waals surface area (Å²) in [6.45, 7) is 0. The highest BCUT2D eigenvalue weighted by atomic mass is 35.5. The molecule has 0 atom stereocenters. The van der Waals surface area contributed by atoms with Crippen LogP contribution in [0.15, 0.2) is 22.8 Å². The van der Waals surface area contributed by atoms with Crippen LogP contribution in [0.1, 0.15) is 0 Å². The molecular formula is C8H8ClN3O. The van der Waals surface area contributed by atoms with E-state index in [0.717, 1.165) is 11.3 Å². The quantitative estimate of drug-likeness (QED) is 0.760. The second-order valence-electron chi connectivity index (χ2n) is 2.69. The van der Waals surface area contributed by atoms with Crippen molar-refractivity contribution in [3.05, 3.63) is 23.6 Å². The fourth-order valence-corrected chi connectivity index (χ4v) is 1.30. The molecule has 2 aromatic rings. The van der Waals surface area contributed by atoms with Gasteiger partial charge in [0, 0.05) is 13.1 Å². The van der Waals surface area contributed by atoms with Gasteiger partial charge in [-0.2, -0.15) is 5.10 Å². The molecule has 2 N–H and O–H groups in total. The minimum absolute atomic E-state index is 0.332. The molecule has 2 aromatic heterocycles. The lowest BCUT2D eigenvalue weighted by atomic mass is 10.2. The maximum atomic E-state index is 5.78. The fourth-order valence-electron chi connectivity index (χ4n) is 1.09. The minimum atomic E-state index is 0.332. The van der Waals surface area contributed by atoms with Crippen molar-refractivity contribution in [3.8, 4) is 11.3 Å². The number of hydrogen-bond acceptors (Lipinski definition) is 3. The first-order chi connectivity index (χ1) is 6.18. The van der Waals surface area contributed by atoms with E-state index in [1.54, 1.807) is 23.9 Å². The zero-order valence-corrected chi connectivity index (χ0v) is 7.75. The van der Waals surface area contributed by atoms with E-state index in [-0.39, 0.29) is 0 Å². The number of aromatic nitrogens is 2. The summed E-state index contributed by atoms with van der Waals surface area (Å²) >= 11 is 5.78. The first-order valence-corrected chi connectivity index (χ1v) is 4.09. The Balaban J connectivity index is 2.53. The molecule has 0 aliphatic carbocycles. The molecule has 5 heteroatoms. The van der Waals surface area contributed by atoms with Gasteiger partial charge in [-0.3, -0.25) is 4.68 Å². The van der Waals surface area contributed by atoms with E-state index in [9.17, 15) is 0 Å². The van der Waals surface area contributed by atoms with Crippen molar-refractivity contribution in [2.24, 2.45) is 7.05 Å². The third-order valence-corrected chi connectivity index (χ3v) is 2.10. The van der Waals surface area contributed by atoms with E-state index in [0.29, 0.717) is 11.0 Å². The van der Waals surface area contributed by atoms with Crippen LogP contribution in [0.4, 0.5) is 5.82 Å². The molecule has 2 rings (SSSR count). The van der Waals surface area contributed by atoms with Crippen LogP contribution in [-0.2, 0) is 7.05 Å². The molecule has 0 amide bonds. The van der Waals surface area contributed by atoms with Gasteiger partial charge in [0.05, 0.1) is 17.5 Å². The van der Waals surface area contributed by atoms with Gasteiger partial charge in [0.25, 0.3) is 0 Å². The number of hydrogen-bond donors (Lipinski definition) is 1. The van der Waals surface area contributed by atoms with Crippen molar-refractivity contribution >= 4 is 17.4 Å². The van der Waals surface area contributed by atoms with Gasteiger partial charge in [0.2, 0.25) is 5.22 Å². The van der Waals surface area contributed by atoms with Gasteiger partial charge in [-0.15, -0.1) is 0 Å². The second-order valence-corrected chi connectivity index (χ2v) is 3.03. The van der Waals surface area contributed by atoms with E-state index >= 15 is 0 Å². The Morgan fingerprint density at radius 2 is 2.38 bits per heavy atom.